The molecule has 106 valence electrons. The molecule has 0 fully saturated rings. The molecule has 0 aromatic rings. The van der Waals surface area contributed by atoms with Crippen LogP contribution in [0.25, 0.3) is 0 Å². The van der Waals surface area contributed by atoms with Gasteiger partial charge in [-0.2, -0.15) is 0 Å². The van der Waals surface area contributed by atoms with Crippen LogP contribution in [0.15, 0.2) is 17.1 Å². The lowest BCUT2D eigenvalue weighted by Gasteiger charge is -2.17. The van der Waals surface area contributed by atoms with Crippen molar-refractivity contribution in [2.75, 3.05) is 25.6 Å². The number of nitrogens with zero attached hydrogens (tertiary/aromatic N) is 1. The fourth-order valence-electron chi connectivity index (χ4n) is 1.33. The minimum absolute atomic E-state index is 0.0765. The van der Waals surface area contributed by atoms with Crippen molar-refractivity contribution in [2.45, 2.75) is 32.7 Å². The first-order chi connectivity index (χ1) is 8.39. The first-order valence-electron chi connectivity index (χ1n) is 6.15. The van der Waals surface area contributed by atoms with Gasteiger partial charge in [0.2, 0.25) is 0 Å². The number of nitrogens with one attached hydrogen (secondary N) is 2. The molecule has 6 heteroatoms. The molecule has 0 aromatic heterocycles. The molecule has 0 radical (unpaired) electrons. The molecule has 0 aliphatic rings. The van der Waals surface area contributed by atoms with Gasteiger partial charge in [-0.3, -0.25) is 4.99 Å². The number of hydrogen-bond acceptors (Lipinski definition) is 3. The normalized spacial score (nSPS) is 14.8. The second-order valence-electron chi connectivity index (χ2n) is 4.32. The van der Waals surface area contributed by atoms with Crippen molar-refractivity contribution in [3.63, 3.8) is 0 Å². The maximum Gasteiger partial charge on any atom is 0.191 e. The molecule has 0 saturated heterocycles. The molecule has 0 aliphatic carbocycles. The monoisotopic (exact) mass is 275 g/mol. The zero-order chi connectivity index (χ0) is 14.0. The summed E-state index contributed by atoms with van der Waals surface area (Å²) < 4.78 is 22.1. The Labute approximate surface area is 111 Å². The molecule has 0 heterocycles. The van der Waals surface area contributed by atoms with E-state index in [9.17, 15) is 8.42 Å². The van der Waals surface area contributed by atoms with Crippen molar-refractivity contribution in [3.05, 3.63) is 12.2 Å². The largest absolute Gasteiger partial charge is 0.356 e. The van der Waals surface area contributed by atoms with Crippen molar-refractivity contribution in [1.82, 2.24) is 10.6 Å². The van der Waals surface area contributed by atoms with Crippen LogP contribution in [0.4, 0.5) is 0 Å². The van der Waals surface area contributed by atoms with Crippen LogP contribution in [0.5, 0.6) is 0 Å². The van der Waals surface area contributed by atoms with Crippen molar-refractivity contribution < 1.29 is 8.42 Å². The molecule has 5 nitrogen and oxygen atoms in total. The lowest BCUT2D eigenvalue weighted by molar-refractivity contribution is 0.581. The summed E-state index contributed by atoms with van der Waals surface area (Å²) in [7, 11) is -1.19. The molecular formula is C12H25N3O2S. The highest BCUT2D eigenvalue weighted by atomic mass is 32.2. The van der Waals surface area contributed by atoms with E-state index in [1.165, 1.54) is 6.26 Å². The Morgan fingerprint density at radius 2 is 2.11 bits per heavy atom. The molecule has 0 saturated carbocycles. The van der Waals surface area contributed by atoms with E-state index in [2.05, 4.69) is 21.7 Å². The number of guanidine groups is 1. The average Bonchev–Trinajstić information content (AvgIpc) is 2.29. The van der Waals surface area contributed by atoms with Gasteiger partial charge in [-0.25, -0.2) is 8.42 Å². The lowest BCUT2D eigenvalue weighted by Crippen LogP contribution is -2.43. The first kappa shape index (κ1) is 17.0. The van der Waals surface area contributed by atoms with E-state index in [1.54, 1.807) is 7.05 Å². The van der Waals surface area contributed by atoms with Crippen LogP contribution in [-0.2, 0) is 9.84 Å². The second-order valence-corrected chi connectivity index (χ2v) is 6.58. The van der Waals surface area contributed by atoms with Crippen LogP contribution in [0, 0.1) is 0 Å². The van der Waals surface area contributed by atoms with Gasteiger partial charge in [0.1, 0.15) is 9.84 Å². The summed E-state index contributed by atoms with van der Waals surface area (Å²) in [4.78, 5) is 4.09. The summed E-state index contributed by atoms with van der Waals surface area (Å²) in [6.07, 6.45) is 6.85. The Morgan fingerprint density at radius 1 is 1.44 bits per heavy atom. The Kier molecular flexibility index (Phi) is 8.45. The van der Waals surface area contributed by atoms with Gasteiger partial charge in [0.25, 0.3) is 0 Å². The predicted octanol–water partition coefficient (Wildman–Crippen LogP) is 0.941. The van der Waals surface area contributed by atoms with Gasteiger partial charge in [-0.15, -0.1) is 0 Å². The van der Waals surface area contributed by atoms with Crippen LogP contribution in [-0.4, -0.2) is 46.0 Å². The number of sulfone groups is 1. The molecule has 2 N–H and O–H groups in total. The Bertz CT molecular complexity index is 375. The molecule has 0 rings (SSSR count). The molecule has 1 unspecified atom stereocenters. The van der Waals surface area contributed by atoms with E-state index in [-0.39, 0.29) is 11.8 Å². The number of hydrogen-bond donors (Lipinski definition) is 2. The third-order valence-electron chi connectivity index (χ3n) is 2.37. The van der Waals surface area contributed by atoms with Gasteiger partial charge in [0.05, 0.1) is 5.75 Å². The van der Waals surface area contributed by atoms with Crippen molar-refractivity contribution in [3.8, 4) is 0 Å². The molecule has 0 bridgehead atoms. The van der Waals surface area contributed by atoms with Gasteiger partial charge in [-0.05, 0) is 26.7 Å². The van der Waals surface area contributed by atoms with Crippen molar-refractivity contribution in [1.29, 1.82) is 0 Å². The van der Waals surface area contributed by atoms with Gasteiger partial charge in [0, 0.05) is 25.9 Å². The summed E-state index contributed by atoms with van der Waals surface area (Å²) in [5.74, 6) is 0.900. The van der Waals surface area contributed by atoms with Crippen LogP contribution in [0.1, 0.15) is 26.7 Å². The van der Waals surface area contributed by atoms with Crippen LogP contribution >= 0.6 is 0 Å². The smallest absolute Gasteiger partial charge is 0.191 e. The molecule has 1 atom stereocenters. The van der Waals surface area contributed by atoms with Crippen LogP contribution in [0.2, 0.25) is 0 Å². The Hall–Kier alpha value is -1.04. The van der Waals surface area contributed by atoms with Gasteiger partial charge < -0.3 is 10.6 Å². The van der Waals surface area contributed by atoms with Gasteiger partial charge in [0.15, 0.2) is 5.96 Å². The fraction of sp³-hybridized carbons (Fsp3) is 0.750. The highest BCUT2D eigenvalue weighted by Crippen LogP contribution is 1.95. The van der Waals surface area contributed by atoms with Crippen LogP contribution in [0.3, 0.4) is 0 Å². The van der Waals surface area contributed by atoms with E-state index in [1.807, 2.05) is 19.9 Å². The highest BCUT2D eigenvalue weighted by Gasteiger charge is 2.08. The number of allylic oxidation sites excluding steroid dienone is 1. The zero-order valence-corrected chi connectivity index (χ0v) is 12.5. The van der Waals surface area contributed by atoms with Gasteiger partial charge in [-0.1, -0.05) is 12.2 Å². The van der Waals surface area contributed by atoms with Crippen molar-refractivity contribution >= 4 is 15.8 Å². The molecule has 0 aliphatic heterocycles. The minimum atomic E-state index is -2.90. The maximum atomic E-state index is 11.1. The number of rotatable bonds is 7. The molecular weight excluding hydrogens is 250 g/mol. The maximum absolute atomic E-state index is 11.1. The quantitative estimate of drug-likeness (QED) is 0.314. The topological polar surface area (TPSA) is 70.6 Å². The fourth-order valence-corrected chi connectivity index (χ4v) is 2.11. The third kappa shape index (κ3) is 10.1. The highest BCUT2D eigenvalue weighted by molar-refractivity contribution is 7.90. The van der Waals surface area contributed by atoms with E-state index >= 15 is 0 Å². The second kappa shape index (κ2) is 8.97. The minimum Gasteiger partial charge on any atom is -0.356 e. The Balaban J connectivity index is 3.98. The molecule has 18 heavy (non-hydrogen) atoms. The summed E-state index contributed by atoms with van der Waals surface area (Å²) in [5, 5.41) is 6.34. The van der Waals surface area contributed by atoms with E-state index in [4.69, 9.17) is 0 Å². The summed E-state index contributed by atoms with van der Waals surface area (Å²) in [5.41, 5.74) is 0. The van der Waals surface area contributed by atoms with Crippen molar-refractivity contribution in [2.24, 2.45) is 4.99 Å². The average molecular weight is 275 g/mol. The standard InChI is InChI=1S/C12H25N3O2S/c1-5-6-7-9-14-12(13-3)15-11(2)8-10-18(4,16)17/h5-6,11H,7-10H2,1-4H3,(H2,13,14,15)/b6-5+. The molecule has 0 amide bonds. The molecule has 0 spiro atoms. The third-order valence-corrected chi connectivity index (χ3v) is 3.34. The first-order valence-corrected chi connectivity index (χ1v) is 8.21. The van der Waals surface area contributed by atoms with Gasteiger partial charge >= 0.3 is 0 Å². The zero-order valence-electron chi connectivity index (χ0n) is 11.7. The summed E-state index contributed by atoms with van der Waals surface area (Å²) in [6, 6.07) is 0.0765. The van der Waals surface area contributed by atoms with E-state index in [0.717, 1.165) is 13.0 Å². The lowest BCUT2D eigenvalue weighted by atomic mass is 10.3. The van der Waals surface area contributed by atoms with E-state index in [0.29, 0.717) is 12.4 Å². The Morgan fingerprint density at radius 3 is 2.61 bits per heavy atom. The number of aliphatic imine (C=N–C) groups is 1. The SMILES string of the molecule is C/C=C/CCNC(=NC)NC(C)CCS(C)(=O)=O. The molecule has 0 aromatic carbocycles. The van der Waals surface area contributed by atoms with Crippen LogP contribution < -0.4 is 10.6 Å². The summed E-state index contributed by atoms with van der Waals surface area (Å²) >= 11 is 0. The summed E-state index contributed by atoms with van der Waals surface area (Å²) in [6.45, 7) is 4.74. The predicted molar refractivity (Wildman–Crippen MR) is 77.7 cm³/mol. The van der Waals surface area contributed by atoms with E-state index < -0.39 is 9.84 Å².